The molecular weight excluding hydrogens is 205 g/mol. The molecule has 0 aliphatic carbocycles. The predicted molar refractivity (Wildman–Crippen MR) is 62.6 cm³/mol. The molecule has 1 fully saturated rings. The van der Waals surface area contributed by atoms with E-state index >= 15 is 0 Å². The molecule has 0 saturated carbocycles. The molecule has 2 rings (SSSR count). The smallest absolute Gasteiger partial charge is 0.144 e. The monoisotopic (exact) mass is 223 g/mol. The van der Waals surface area contributed by atoms with Crippen molar-refractivity contribution < 1.29 is 9.13 Å². The van der Waals surface area contributed by atoms with Gasteiger partial charge in [0, 0.05) is 11.6 Å². The number of hydrogen-bond donors (Lipinski definition) is 1. The van der Waals surface area contributed by atoms with Gasteiger partial charge in [-0.2, -0.15) is 0 Å². The lowest BCUT2D eigenvalue weighted by Crippen LogP contribution is -2.26. The maximum absolute atomic E-state index is 14.3. The van der Waals surface area contributed by atoms with E-state index in [0.29, 0.717) is 11.3 Å². The van der Waals surface area contributed by atoms with Crippen LogP contribution in [0.15, 0.2) is 18.2 Å². The first-order chi connectivity index (χ1) is 7.72. The van der Waals surface area contributed by atoms with Crippen LogP contribution < -0.4 is 10.1 Å². The van der Waals surface area contributed by atoms with Crippen molar-refractivity contribution in [3.8, 4) is 5.75 Å². The second-order valence-electron chi connectivity index (χ2n) is 4.35. The molecule has 88 valence electrons. The minimum atomic E-state index is -0.975. The zero-order valence-electron chi connectivity index (χ0n) is 9.79. The Morgan fingerprint density at radius 3 is 2.94 bits per heavy atom. The summed E-state index contributed by atoms with van der Waals surface area (Å²) in [7, 11) is 1.59. The van der Waals surface area contributed by atoms with Gasteiger partial charge in [0.2, 0.25) is 0 Å². The Hall–Kier alpha value is -1.09. The van der Waals surface area contributed by atoms with Crippen molar-refractivity contribution in [2.75, 3.05) is 13.7 Å². The number of ether oxygens (including phenoxy) is 1. The van der Waals surface area contributed by atoms with Gasteiger partial charge >= 0.3 is 0 Å². The zero-order chi connectivity index (χ0) is 11.5. The molecule has 0 bridgehead atoms. The van der Waals surface area contributed by atoms with Gasteiger partial charge in [-0.15, -0.1) is 0 Å². The Labute approximate surface area is 95.8 Å². The molecule has 1 saturated heterocycles. The van der Waals surface area contributed by atoms with Gasteiger partial charge in [0.15, 0.2) is 0 Å². The molecule has 1 heterocycles. The highest BCUT2D eigenvalue weighted by atomic mass is 19.1. The second-order valence-corrected chi connectivity index (χ2v) is 4.35. The summed E-state index contributed by atoms with van der Waals surface area (Å²) in [5.74, 6) is 0.645. The third-order valence-corrected chi connectivity index (χ3v) is 3.13. The van der Waals surface area contributed by atoms with E-state index in [9.17, 15) is 4.39 Å². The highest BCUT2D eigenvalue weighted by molar-refractivity contribution is 5.39. The van der Waals surface area contributed by atoms with Crippen LogP contribution in [0.25, 0.3) is 0 Å². The first-order valence-electron chi connectivity index (χ1n) is 5.74. The molecule has 0 aromatic heterocycles. The molecule has 1 N–H and O–H groups in total. The van der Waals surface area contributed by atoms with Crippen molar-refractivity contribution >= 4 is 0 Å². The Morgan fingerprint density at radius 2 is 2.31 bits per heavy atom. The highest BCUT2D eigenvalue weighted by Gasteiger charge is 2.27. The average Bonchev–Trinajstić information content (AvgIpc) is 2.81. The minimum Gasteiger partial charge on any atom is -0.496 e. The number of alkyl halides is 1. The van der Waals surface area contributed by atoms with Gasteiger partial charge in [0.1, 0.15) is 11.9 Å². The summed E-state index contributed by atoms with van der Waals surface area (Å²) in [6.07, 6.45) is 0.981. The topological polar surface area (TPSA) is 21.3 Å². The van der Waals surface area contributed by atoms with Crippen molar-refractivity contribution in [2.24, 2.45) is 0 Å². The van der Waals surface area contributed by atoms with E-state index < -0.39 is 6.17 Å². The lowest BCUT2D eigenvalue weighted by molar-refractivity contribution is 0.262. The fourth-order valence-corrected chi connectivity index (χ4v) is 2.25. The normalized spacial score (nSPS) is 22.1. The summed E-state index contributed by atoms with van der Waals surface area (Å²) in [4.78, 5) is 0. The quantitative estimate of drug-likeness (QED) is 0.850. The molecular formula is C13H18FNO. The first-order valence-corrected chi connectivity index (χ1v) is 5.74. The van der Waals surface area contributed by atoms with E-state index in [4.69, 9.17) is 4.74 Å². The van der Waals surface area contributed by atoms with E-state index in [0.717, 1.165) is 24.9 Å². The van der Waals surface area contributed by atoms with Crippen molar-refractivity contribution in [1.82, 2.24) is 5.32 Å². The van der Waals surface area contributed by atoms with E-state index in [2.05, 4.69) is 5.32 Å². The summed E-state index contributed by atoms with van der Waals surface area (Å²) in [6.45, 7) is 2.89. The number of aryl methyl sites for hydroxylation is 1. The summed E-state index contributed by atoms with van der Waals surface area (Å²) < 4.78 is 19.5. The average molecular weight is 223 g/mol. The number of halogens is 1. The van der Waals surface area contributed by atoms with Gasteiger partial charge in [0.25, 0.3) is 0 Å². The first kappa shape index (κ1) is 11.4. The number of nitrogens with one attached hydrogen (secondary N) is 1. The van der Waals surface area contributed by atoms with Crippen molar-refractivity contribution in [1.29, 1.82) is 0 Å². The molecule has 1 aliphatic heterocycles. The lowest BCUT2D eigenvalue weighted by atomic mass is 9.99. The molecule has 3 heteroatoms. The second kappa shape index (κ2) is 4.83. The van der Waals surface area contributed by atoms with Gasteiger partial charge in [-0.05, 0) is 38.4 Å². The molecule has 1 aromatic rings. The van der Waals surface area contributed by atoms with Crippen LogP contribution in [0.2, 0.25) is 0 Å². The van der Waals surface area contributed by atoms with Crippen LogP contribution in [-0.4, -0.2) is 19.7 Å². The standard InChI is InChI=1S/C13H18FNO/c1-9-5-6-12(16-2)10(8-9)13(14)11-4-3-7-15-11/h5-6,8,11,13,15H,3-4,7H2,1-2H3. The molecule has 2 atom stereocenters. The van der Waals surface area contributed by atoms with E-state index in [1.165, 1.54) is 0 Å². The SMILES string of the molecule is COc1ccc(C)cc1C(F)C1CCCN1. The van der Waals surface area contributed by atoms with Gasteiger partial charge in [-0.1, -0.05) is 11.6 Å². The lowest BCUT2D eigenvalue weighted by Gasteiger charge is -2.19. The predicted octanol–water partition coefficient (Wildman–Crippen LogP) is 2.77. The molecule has 0 spiro atoms. The Kier molecular flexibility index (Phi) is 3.44. The van der Waals surface area contributed by atoms with Gasteiger partial charge in [-0.25, -0.2) is 4.39 Å². The van der Waals surface area contributed by atoms with E-state index in [1.807, 2.05) is 25.1 Å². The third-order valence-electron chi connectivity index (χ3n) is 3.13. The summed E-state index contributed by atoms with van der Waals surface area (Å²) in [5.41, 5.74) is 1.73. The molecule has 1 aliphatic rings. The van der Waals surface area contributed by atoms with Crippen molar-refractivity contribution in [3.63, 3.8) is 0 Å². The van der Waals surface area contributed by atoms with Crippen LogP contribution in [0.1, 0.15) is 30.1 Å². The van der Waals surface area contributed by atoms with Gasteiger partial charge < -0.3 is 10.1 Å². The van der Waals surface area contributed by atoms with Crippen LogP contribution >= 0.6 is 0 Å². The maximum Gasteiger partial charge on any atom is 0.144 e. The summed E-state index contributed by atoms with van der Waals surface area (Å²) >= 11 is 0. The van der Waals surface area contributed by atoms with Crippen LogP contribution in [-0.2, 0) is 0 Å². The minimum absolute atomic E-state index is 0.0595. The Bertz CT molecular complexity index is 361. The Morgan fingerprint density at radius 1 is 1.50 bits per heavy atom. The number of rotatable bonds is 3. The summed E-state index contributed by atoms with van der Waals surface area (Å²) in [6, 6.07) is 5.60. The highest BCUT2D eigenvalue weighted by Crippen LogP contribution is 2.33. The van der Waals surface area contributed by atoms with Crippen LogP contribution in [0, 0.1) is 6.92 Å². The Balaban J connectivity index is 2.26. The van der Waals surface area contributed by atoms with Crippen molar-refractivity contribution in [2.45, 2.75) is 32.0 Å². The number of benzene rings is 1. The molecule has 0 radical (unpaired) electrons. The molecule has 0 amide bonds. The largest absolute Gasteiger partial charge is 0.496 e. The van der Waals surface area contributed by atoms with Crippen LogP contribution in [0.5, 0.6) is 5.75 Å². The molecule has 2 unspecified atom stereocenters. The molecule has 2 nitrogen and oxygen atoms in total. The molecule has 1 aromatic carbocycles. The fourth-order valence-electron chi connectivity index (χ4n) is 2.25. The number of hydrogen-bond acceptors (Lipinski definition) is 2. The maximum atomic E-state index is 14.3. The van der Waals surface area contributed by atoms with Gasteiger partial charge in [0.05, 0.1) is 7.11 Å². The van der Waals surface area contributed by atoms with Crippen LogP contribution in [0.4, 0.5) is 4.39 Å². The van der Waals surface area contributed by atoms with Gasteiger partial charge in [-0.3, -0.25) is 0 Å². The van der Waals surface area contributed by atoms with Crippen LogP contribution in [0.3, 0.4) is 0 Å². The molecule has 16 heavy (non-hydrogen) atoms. The number of methoxy groups -OCH3 is 1. The third kappa shape index (κ3) is 2.19. The van der Waals surface area contributed by atoms with E-state index in [1.54, 1.807) is 7.11 Å². The zero-order valence-corrected chi connectivity index (χ0v) is 9.79. The van der Waals surface area contributed by atoms with E-state index in [-0.39, 0.29) is 6.04 Å². The summed E-state index contributed by atoms with van der Waals surface area (Å²) in [5, 5.41) is 3.20. The fraction of sp³-hybridized carbons (Fsp3) is 0.538. The van der Waals surface area contributed by atoms with Crippen molar-refractivity contribution in [3.05, 3.63) is 29.3 Å².